The van der Waals surface area contributed by atoms with Gasteiger partial charge in [0.1, 0.15) is 0 Å². The Morgan fingerprint density at radius 2 is 0.375 bits per heavy atom. The molecule has 32 heavy (non-hydrogen) atoms. The van der Waals surface area contributed by atoms with Crippen LogP contribution in [0.4, 0.5) is 0 Å². The first kappa shape index (κ1) is 40.0. The van der Waals surface area contributed by atoms with Crippen LogP contribution in [0, 0.1) is 0 Å². The van der Waals surface area contributed by atoms with Gasteiger partial charge in [-0.25, -0.2) is 28.8 Å². The Morgan fingerprint density at radius 3 is 0.406 bits per heavy atom. The van der Waals surface area contributed by atoms with Crippen molar-refractivity contribution in [3.05, 3.63) is 0 Å². The quantitative estimate of drug-likeness (QED) is 0.116. The van der Waals surface area contributed by atoms with Crippen molar-refractivity contribution in [2.75, 3.05) is 0 Å². The van der Waals surface area contributed by atoms with E-state index >= 15 is 0 Å². The summed E-state index contributed by atoms with van der Waals surface area (Å²) in [7, 11) is 0. The van der Waals surface area contributed by atoms with Crippen molar-refractivity contribution in [3.8, 4) is 0 Å². The third-order valence-electron chi connectivity index (χ3n) is 2.42. The van der Waals surface area contributed by atoms with E-state index in [4.69, 9.17) is 61.3 Å². The molecule has 0 saturated heterocycles. The molecule has 0 heterocycles. The predicted molar refractivity (Wildman–Crippen MR) is 81.9 cm³/mol. The molecular formula is C12H18Fe2O18. The molecule has 0 radical (unpaired) electrons. The number of hydrogen-bond acceptors (Lipinski definition) is 12. The molecule has 0 aliphatic rings. The molecule has 0 unspecified atom stereocenters. The zero-order valence-electron chi connectivity index (χ0n) is 15.0. The summed E-state index contributed by atoms with van der Waals surface area (Å²) in [5.41, 5.74) is 0. The van der Waals surface area contributed by atoms with Gasteiger partial charge in [0.2, 0.25) is 0 Å². The largest absolute Gasteiger partial charge is 0.479 e. The van der Waals surface area contributed by atoms with Crippen LogP contribution in [0.2, 0.25) is 0 Å². The van der Waals surface area contributed by atoms with Gasteiger partial charge in [0.05, 0.1) is 0 Å². The number of aliphatic carboxylic acids is 6. The van der Waals surface area contributed by atoms with Crippen LogP contribution in [0.25, 0.3) is 0 Å². The second-order valence-corrected chi connectivity index (χ2v) is 4.70. The Kier molecular flexibility index (Phi) is 24.2. The van der Waals surface area contributed by atoms with Crippen molar-refractivity contribution >= 4 is 35.8 Å². The molecule has 0 saturated carbocycles. The van der Waals surface area contributed by atoms with E-state index < -0.39 is 72.4 Å². The summed E-state index contributed by atoms with van der Waals surface area (Å²) in [4.78, 5) is 58.6. The Hall–Kier alpha value is -2.38. The van der Waals surface area contributed by atoms with Crippen LogP contribution in [-0.2, 0) is 62.9 Å². The van der Waals surface area contributed by atoms with E-state index in [0.717, 1.165) is 0 Å². The first-order valence-corrected chi connectivity index (χ1v) is 6.85. The van der Waals surface area contributed by atoms with Gasteiger partial charge in [-0.2, -0.15) is 0 Å². The number of aliphatic hydroxyl groups is 6. The topological polar surface area (TPSA) is 345 Å². The van der Waals surface area contributed by atoms with Crippen LogP contribution in [0.5, 0.6) is 0 Å². The number of carbonyl (C=O) groups is 6. The Balaban J connectivity index is -0.000000110. The van der Waals surface area contributed by atoms with E-state index in [9.17, 15) is 28.8 Å². The number of aliphatic hydroxyl groups excluding tert-OH is 6. The summed E-state index contributed by atoms with van der Waals surface area (Å²) in [5, 5.41) is 97.6. The van der Waals surface area contributed by atoms with Crippen LogP contribution >= 0.6 is 0 Å². The Bertz CT molecular complexity index is 498. The van der Waals surface area contributed by atoms with Crippen LogP contribution in [0.15, 0.2) is 0 Å². The number of carboxylic acids is 6. The average Bonchev–Trinajstić information content (AvgIpc) is 2.64. The van der Waals surface area contributed by atoms with Crippen LogP contribution < -0.4 is 0 Å². The van der Waals surface area contributed by atoms with Crippen LogP contribution in [0.1, 0.15) is 0 Å². The minimum Gasteiger partial charge on any atom is -0.479 e. The summed E-state index contributed by atoms with van der Waals surface area (Å²) in [6.07, 6.45) is -13.6. The van der Waals surface area contributed by atoms with E-state index in [1.165, 1.54) is 0 Å². The minimum atomic E-state index is -2.27. The predicted octanol–water partition coefficient (Wildman–Crippen LogP) is -6.37. The monoisotopic (exact) mass is 562 g/mol. The van der Waals surface area contributed by atoms with Crippen molar-refractivity contribution < 1.29 is 124 Å². The van der Waals surface area contributed by atoms with Gasteiger partial charge in [-0.1, -0.05) is 0 Å². The van der Waals surface area contributed by atoms with Gasteiger partial charge in [0.15, 0.2) is 36.6 Å². The third-order valence-corrected chi connectivity index (χ3v) is 2.42. The van der Waals surface area contributed by atoms with E-state index in [1.54, 1.807) is 0 Å². The summed E-state index contributed by atoms with van der Waals surface area (Å²) < 4.78 is 0. The van der Waals surface area contributed by atoms with E-state index in [2.05, 4.69) is 0 Å². The molecule has 12 N–H and O–H groups in total. The maximum atomic E-state index is 9.77. The summed E-state index contributed by atoms with van der Waals surface area (Å²) in [6, 6.07) is 0. The Morgan fingerprint density at radius 1 is 0.312 bits per heavy atom. The summed E-state index contributed by atoms with van der Waals surface area (Å²) in [5.74, 6) is -10.6. The summed E-state index contributed by atoms with van der Waals surface area (Å²) >= 11 is 0. The molecule has 0 aromatic rings. The van der Waals surface area contributed by atoms with E-state index in [-0.39, 0.29) is 34.1 Å². The maximum absolute atomic E-state index is 9.77. The van der Waals surface area contributed by atoms with Gasteiger partial charge in [0, 0.05) is 34.1 Å². The third kappa shape index (κ3) is 17.3. The van der Waals surface area contributed by atoms with Gasteiger partial charge in [-0.05, 0) is 0 Å². The molecule has 0 aliphatic carbocycles. The van der Waals surface area contributed by atoms with Crippen molar-refractivity contribution in [2.45, 2.75) is 36.6 Å². The standard InChI is InChI=1S/3C4H6O6.2Fe/c3*5-1(3(7)8)2(6)4(9)10;;/h3*1-2,5-6H,(H,7,8)(H,9,10);;/t3*1-,2-;;/m111../s1. The first-order valence-electron chi connectivity index (χ1n) is 6.85. The fourth-order valence-corrected chi connectivity index (χ4v) is 0.810. The molecule has 0 bridgehead atoms. The second kappa shape index (κ2) is 19.3. The van der Waals surface area contributed by atoms with E-state index in [1.807, 2.05) is 0 Å². The molecule has 0 amide bonds. The molecule has 190 valence electrons. The number of hydrogen-bond donors (Lipinski definition) is 12. The fourth-order valence-electron chi connectivity index (χ4n) is 0.810. The molecule has 0 aromatic carbocycles. The summed E-state index contributed by atoms with van der Waals surface area (Å²) in [6.45, 7) is 0. The SMILES string of the molecule is O=C(O)[C@H](O)[C@@H](O)C(=O)O.O=C(O)[C@H](O)[C@@H](O)C(=O)O.O=C(O)[C@H](O)[C@@H](O)C(=O)O.[Fe].[Fe]. The molecular weight excluding hydrogens is 544 g/mol. The first-order chi connectivity index (χ1) is 13.4. The number of carboxylic acid groups (broad SMARTS) is 6. The molecule has 0 aromatic heterocycles. The Labute approximate surface area is 196 Å². The molecule has 0 spiro atoms. The van der Waals surface area contributed by atoms with Crippen molar-refractivity contribution in [3.63, 3.8) is 0 Å². The molecule has 18 nitrogen and oxygen atoms in total. The van der Waals surface area contributed by atoms with Gasteiger partial charge in [-0.15, -0.1) is 0 Å². The minimum absolute atomic E-state index is 0. The maximum Gasteiger partial charge on any atom is 0.335 e. The number of rotatable bonds is 9. The molecule has 20 heteroatoms. The zero-order chi connectivity index (χ0) is 24.9. The van der Waals surface area contributed by atoms with Crippen molar-refractivity contribution in [1.82, 2.24) is 0 Å². The van der Waals surface area contributed by atoms with Crippen LogP contribution in [0.3, 0.4) is 0 Å². The van der Waals surface area contributed by atoms with Crippen molar-refractivity contribution in [1.29, 1.82) is 0 Å². The van der Waals surface area contributed by atoms with E-state index in [0.29, 0.717) is 0 Å². The van der Waals surface area contributed by atoms with Gasteiger partial charge >= 0.3 is 35.8 Å². The smallest absolute Gasteiger partial charge is 0.335 e. The molecule has 6 atom stereocenters. The van der Waals surface area contributed by atoms with Gasteiger partial charge in [0.25, 0.3) is 0 Å². The zero-order valence-corrected chi connectivity index (χ0v) is 17.2. The average molecular weight is 562 g/mol. The second-order valence-electron chi connectivity index (χ2n) is 4.70. The molecule has 0 aliphatic heterocycles. The normalized spacial score (nSPS) is 14.8. The van der Waals surface area contributed by atoms with Crippen molar-refractivity contribution in [2.24, 2.45) is 0 Å². The molecule has 0 fully saturated rings. The van der Waals surface area contributed by atoms with Gasteiger partial charge < -0.3 is 61.3 Å². The van der Waals surface area contributed by atoms with Crippen LogP contribution in [-0.4, -0.2) is 134 Å². The molecule has 0 rings (SSSR count). The fraction of sp³-hybridized carbons (Fsp3) is 0.500. The van der Waals surface area contributed by atoms with Gasteiger partial charge in [-0.3, -0.25) is 0 Å².